The fraction of sp³-hybridized carbons (Fsp3) is 0.588. The zero-order chi connectivity index (χ0) is 14.6. The van der Waals surface area contributed by atoms with Gasteiger partial charge in [0.25, 0.3) is 0 Å². The Morgan fingerprint density at radius 1 is 1.30 bits per heavy atom. The van der Waals surface area contributed by atoms with Crippen LogP contribution in [0.15, 0.2) is 28.7 Å². The van der Waals surface area contributed by atoms with E-state index in [-0.39, 0.29) is 5.41 Å². The number of hydrogen-bond acceptors (Lipinski definition) is 2. The van der Waals surface area contributed by atoms with Gasteiger partial charge in [0.15, 0.2) is 0 Å². The van der Waals surface area contributed by atoms with E-state index >= 15 is 0 Å². The molecule has 1 aromatic carbocycles. The van der Waals surface area contributed by atoms with Gasteiger partial charge in [-0.1, -0.05) is 35.0 Å². The lowest BCUT2D eigenvalue weighted by atomic mass is 9.71. The molecule has 20 heavy (non-hydrogen) atoms. The molecule has 2 nitrogen and oxygen atoms in total. The summed E-state index contributed by atoms with van der Waals surface area (Å²) >= 11 is 3.46. The van der Waals surface area contributed by atoms with Crippen molar-refractivity contribution < 1.29 is 4.79 Å². The average molecular weight is 338 g/mol. The molecule has 0 radical (unpaired) electrons. The molecule has 3 heteroatoms. The second-order valence-corrected chi connectivity index (χ2v) is 7.38. The number of nitrogens with zero attached hydrogens (tertiary/aromatic N) is 1. The fourth-order valence-corrected chi connectivity index (χ4v) is 3.41. The van der Waals surface area contributed by atoms with Crippen molar-refractivity contribution in [3.63, 3.8) is 0 Å². The first kappa shape index (κ1) is 15.7. The topological polar surface area (TPSA) is 20.3 Å². The van der Waals surface area contributed by atoms with Gasteiger partial charge in [-0.05, 0) is 56.3 Å². The van der Waals surface area contributed by atoms with Gasteiger partial charge in [0.1, 0.15) is 6.29 Å². The normalized spacial score (nSPS) is 26.7. The van der Waals surface area contributed by atoms with Crippen LogP contribution in [0.4, 0.5) is 0 Å². The molecule has 2 rings (SSSR count). The molecule has 0 heterocycles. The highest BCUT2D eigenvalue weighted by Crippen LogP contribution is 2.37. The van der Waals surface area contributed by atoms with Gasteiger partial charge < -0.3 is 9.69 Å². The minimum Gasteiger partial charge on any atom is -0.303 e. The van der Waals surface area contributed by atoms with Crippen LogP contribution in [0.2, 0.25) is 0 Å². The van der Waals surface area contributed by atoms with Crippen LogP contribution in [0.5, 0.6) is 0 Å². The quantitative estimate of drug-likeness (QED) is 0.747. The van der Waals surface area contributed by atoms with Crippen molar-refractivity contribution in [2.45, 2.75) is 39.2 Å². The molecular formula is C17H24BrNO. The van der Waals surface area contributed by atoms with Crippen LogP contribution < -0.4 is 0 Å². The number of aldehydes is 1. The molecule has 0 unspecified atom stereocenters. The third-order valence-electron chi connectivity index (χ3n) is 4.47. The summed E-state index contributed by atoms with van der Waals surface area (Å²) in [6.45, 7) is 4.07. The van der Waals surface area contributed by atoms with Crippen molar-refractivity contribution in [2.75, 3.05) is 13.6 Å². The molecule has 0 N–H and O–H groups in total. The summed E-state index contributed by atoms with van der Waals surface area (Å²) < 4.78 is 1.11. The number of carbonyl (C=O) groups is 1. The maximum Gasteiger partial charge on any atom is 0.127 e. The third kappa shape index (κ3) is 4.16. The van der Waals surface area contributed by atoms with Crippen LogP contribution in [0.1, 0.15) is 38.2 Å². The van der Waals surface area contributed by atoms with E-state index in [9.17, 15) is 4.79 Å². The van der Waals surface area contributed by atoms with Crippen LogP contribution in [-0.4, -0.2) is 24.8 Å². The number of hydrogen-bond donors (Lipinski definition) is 0. The second kappa shape index (κ2) is 6.86. The lowest BCUT2D eigenvalue weighted by molar-refractivity contribution is -0.119. The first-order valence-electron chi connectivity index (χ1n) is 7.42. The molecule has 0 bridgehead atoms. The molecule has 0 spiro atoms. The summed E-state index contributed by atoms with van der Waals surface area (Å²) in [5.41, 5.74) is 1.18. The molecule has 1 aliphatic rings. The maximum absolute atomic E-state index is 11.6. The van der Waals surface area contributed by atoms with Crippen LogP contribution in [0.3, 0.4) is 0 Å². The van der Waals surface area contributed by atoms with Gasteiger partial charge in [0.2, 0.25) is 0 Å². The lowest BCUT2D eigenvalue weighted by Gasteiger charge is -2.37. The minimum absolute atomic E-state index is 0.114. The molecular weight excluding hydrogens is 314 g/mol. The predicted molar refractivity (Wildman–Crippen MR) is 86.6 cm³/mol. The van der Waals surface area contributed by atoms with Crippen molar-refractivity contribution >= 4 is 22.2 Å². The highest BCUT2D eigenvalue weighted by molar-refractivity contribution is 9.10. The summed E-state index contributed by atoms with van der Waals surface area (Å²) in [7, 11) is 2.12. The van der Waals surface area contributed by atoms with Gasteiger partial charge >= 0.3 is 0 Å². The molecule has 1 saturated carbocycles. The molecule has 0 amide bonds. The van der Waals surface area contributed by atoms with Gasteiger partial charge in [-0.25, -0.2) is 0 Å². The Morgan fingerprint density at radius 2 is 1.90 bits per heavy atom. The van der Waals surface area contributed by atoms with E-state index in [1.54, 1.807) is 0 Å². The predicted octanol–water partition coefficient (Wildman–Crippen LogP) is 4.28. The largest absolute Gasteiger partial charge is 0.303 e. The van der Waals surface area contributed by atoms with E-state index in [1.807, 2.05) is 0 Å². The van der Waals surface area contributed by atoms with Crippen LogP contribution in [0, 0.1) is 11.3 Å². The molecule has 0 saturated heterocycles. The molecule has 0 atom stereocenters. The van der Waals surface area contributed by atoms with E-state index in [1.165, 1.54) is 24.7 Å². The smallest absolute Gasteiger partial charge is 0.127 e. The molecule has 0 aliphatic heterocycles. The maximum atomic E-state index is 11.6. The number of benzene rings is 1. The highest BCUT2D eigenvalue weighted by atomic mass is 79.9. The Kier molecular flexibility index (Phi) is 5.39. The van der Waals surface area contributed by atoms with Crippen molar-refractivity contribution in [1.82, 2.24) is 4.90 Å². The Hall–Kier alpha value is -0.670. The SMILES string of the molecule is CC1CCC(C=O)(CN(C)Cc2ccc(Br)cc2)CC1. The van der Waals surface area contributed by atoms with E-state index in [2.05, 4.69) is 59.1 Å². The molecule has 110 valence electrons. The van der Waals surface area contributed by atoms with Gasteiger partial charge in [-0.2, -0.15) is 0 Å². The Morgan fingerprint density at radius 3 is 2.45 bits per heavy atom. The van der Waals surface area contributed by atoms with Crippen molar-refractivity contribution in [3.05, 3.63) is 34.3 Å². The summed E-state index contributed by atoms with van der Waals surface area (Å²) in [4.78, 5) is 13.9. The Balaban J connectivity index is 1.93. The fourth-order valence-electron chi connectivity index (χ4n) is 3.15. The molecule has 1 aromatic rings. The zero-order valence-corrected chi connectivity index (χ0v) is 14.0. The van der Waals surface area contributed by atoms with Gasteiger partial charge in [-0.15, -0.1) is 0 Å². The van der Waals surface area contributed by atoms with Crippen molar-refractivity contribution in [3.8, 4) is 0 Å². The summed E-state index contributed by atoms with van der Waals surface area (Å²) in [5.74, 6) is 0.778. The minimum atomic E-state index is -0.114. The van der Waals surface area contributed by atoms with E-state index in [0.717, 1.165) is 36.3 Å². The van der Waals surface area contributed by atoms with Crippen molar-refractivity contribution in [2.24, 2.45) is 11.3 Å². The monoisotopic (exact) mass is 337 g/mol. The lowest BCUT2D eigenvalue weighted by Crippen LogP contribution is -2.39. The summed E-state index contributed by atoms with van der Waals surface area (Å²) in [6, 6.07) is 8.41. The standard InChI is InChI=1S/C17H24BrNO/c1-14-7-9-17(13-20,10-8-14)12-19(2)11-15-3-5-16(18)6-4-15/h3-6,13-14H,7-12H2,1-2H3. The van der Waals surface area contributed by atoms with Gasteiger partial charge in [0, 0.05) is 23.0 Å². The first-order chi connectivity index (χ1) is 9.53. The van der Waals surface area contributed by atoms with E-state index in [4.69, 9.17) is 0 Å². The average Bonchev–Trinajstić information content (AvgIpc) is 2.44. The molecule has 0 aromatic heterocycles. The zero-order valence-electron chi connectivity index (χ0n) is 12.4. The number of halogens is 1. The van der Waals surface area contributed by atoms with Crippen LogP contribution in [0.25, 0.3) is 0 Å². The first-order valence-corrected chi connectivity index (χ1v) is 8.22. The third-order valence-corrected chi connectivity index (χ3v) is 5.00. The van der Waals surface area contributed by atoms with Crippen molar-refractivity contribution in [1.29, 1.82) is 0 Å². The van der Waals surface area contributed by atoms with Gasteiger partial charge in [0.05, 0.1) is 0 Å². The Labute approximate surface area is 130 Å². The van der Waals surface area contributed by atoms with E-state index < -0.39 is 0 Å². The van der Waals surface area contributed by atoms with Crippen LogP contribution in [-0.2, 0) is 11.3 Å². The number of rotatable bonds is 5. The van der Waals surface area contributed by atoms with Gasteiger partial charge in [-0.3, -0.25) is 0 Å². The highest BCUT2D eigenvalue weighted by Gasteiger charge is 2.34. The Bertz CT molecular complexity index is 435. The second-order valence-electron chi connectivity index (χ2n) is 6.46. The number of carbonyl (C=O) groups excluding carboxylic acids is 1. The van der Waals surface area contributed by atoms with E-state index in [0.29, 0.717) is 0 Å². The molecule has 1 fully saturated rings. The molecule has 1 aliphatic carbocycles. The van der Waals surface area contributed by atoms with Crippen LogP contribution >= 0.6 is 15.9 Å². The summed E-state index contributed by atoms with van der Waals surface area (Å²) in [6.07, 6.45) is 5.68. The summed E-state index contributed by atoms with van der Waals surface area (Å²) in [5, 5.41) is 0.